The molecular formula is C24H19FN4O3S. The summed E-state index contributed by atoms with van der Waals surface area (Å²) in [6.45, 7) is 0.00632. The highest BCUT2D eigenvalue weighted by Gasteiger charge is 2.19. The fourth-order valence-corrected chi connectivity index (χ4v) is 3.88. The molecule has 0 saturated carbocycles. The molecule has 4 rings (SSSR count). The molecule has 0 aliphatic carbocycles. The van der Waals surface area contributed by atoms with Crippen molar-refractivity contribution in [2.24, 2.45) is 5.73 Å². The van der Waals surface area contributed by atoms with Gasteiger partial charge in [0.2, 0.25) is 5.91 Å². The van der Waals surface area contributed by atoms with Crippen molar-refractivity contribution in [1.82, 2.24) is 14.8 Å². The number of para-hydroxylation sites is 1. The monoisotopic (exact) mass is 462 g/mol. The van der Waals surface area contributed by atoms with Crippen molar-refractivity contribution in [2.75, 3.05) is 5.75 Å². The Balaban J connectivity index is 1.50. The van der Waals surface area contributed by atoms with Crippen LogP contribution in [-0.2, 0) is 16.1 Å². The van der Waals surface area contributed by atoms with Crippen molar-refractivity contribution in [3.8, 4) is 17.1 Å². The molecule has 0 aliphatic rings. The number of carbonyl (C=O) groups excluding carboxylic acids is 2. The second kappa shape index (κ2) is 10.1. The summed E-state index contributed by atoms with van der Waals surface area (Å²) >= 11 is 1.13. The van der Waals surface area contributed by atoms with Gasteiger partial charge in [-0.3, -0.25) is 14.2 Å². The topological polar surface area (TPSA) is 100 Å². The van der Waals surface area contributed by atoms with Gasteiger partial charge in [-0.25, -0.2) is 4.39 Å². The third kappa shape index (κ3) is 5.27. The second-order valence-corrected chi connectivity index (χ2v) is 7.91. The van der Waals surface area contributed by atoms with E-state index in [1.54, 1.807) is 47.0 Å². The summed E-state index contributed by atoms with van der Waals surface area (Å²) in [4.78, 5) is 23.6. The number of hydrogen-bond acceptors (Lipinski definition) is 6. The lowest BCUT2D eigenvalue weighted by Gasteiger charge is -2.11. The van der Waals surface area contributed by atoms with Crippen LogP contribution < -0.4 is 5.73 Å². The third-order valence-electron chi connectivity index (χ3n) is 4.69. The van der Waals surface area contributed by atoms with E-state index in [9.17, 15) is 14.0 Å². The predicted molar refractivity (Wildman–Crippen MR) is 122 cm³/mol. The number of thioether (sulfide) groups is 1. The Labute approximate surface area is 193 Å². The first-order valence-electron chi connectivity index (χ1n) is 9.96. The van der Waals surface area contributed by atoms with Gasteiger partial charge >= 0.3 is 5.97 Å². The highest BCUT2D eigenvalue weighted by atomic mass is 32.2. The molecule has 1 amide bonds. The molecule has 0 aliphatic heterocycles. The zero-order valence-electron chi connectivity index (χ0n) is 17.3. The van der Waals surface area contributed by atoms with Crippen molar-refractivity contribution < 1.29 is 18.7 Å². The van der Waals surface area contributed by atoms with Gasteiger partial charge in [0.25, 0.3) is 0 Å². The van der Waals surface area contributed by atoms with Crippen LogP contribution in [0, 0.1) is 5.82 Å². The number of carbonyl (C=O) groups is 2. The second-order valence-electron chi connectivity index (χ2n) is 6.97. The lowest BCUT2D eigenvalue weighted by atomic mass is 10.1. The summed E-state index contributed by atoms with van der Waals surface area (Å²) in [5, 5.41) is 8.78. The summed E-state index contributed by atoms with van der Waals surface area (Å²) in [5.74, 6) is -1.14. The van der Waals surface area contributed by atoms with Crippen molar-refractivity contribution in [2.45, 2.75) is 11.8 Å². The first-order valence-corrected chi connectivity index (χ1v) is 10.9. The normalized spacial score (nSPS) is 10.7. The molecule has 0 fully saturated rings. The van der Waals surface area contributed by atoms with Gasteiger partial charge in [-0.15, -0.1) is 10.2 Å². The average Bonchev–Trinajstić information content (AvgIpc) is 3.26. The van der Waals surface area contributed by atoms with Crippen LogP contribution in [0.2, 0.25) is 0 Å². The van der Waals surface area contributed by atoms with E-state index in [4.69, 9.17) is 10.5 Å². The standard InChI is InChI=1S/C24H19FN4O3S/c25-20-12-5-4-11-19(20)23-27-28-24(29(23)18-9-2-1-3-10-18)33-15-21(30)32-14-16-7-6-8-17(13-16)22(26)31/h1-13H,14-15H2,(H2,26,31). The van der Waals surface area contributed by atoms with Gasteiger partial charge in [-0.1, -0.05) is 54.2 Å². The molecule has 1 aromatic heterocycles. The van der Waals surface area contributed by atoms with Crippen LogP contribution in [0.4, 0.5) is 4.39 Å². The van der Waals surface area contributed by atoms with Gasteiger partial charge < -0.3 is 10.5 Å². The fraction of sp³-hybridized carbons (Fsp3) is 0.0833. The van der Waals surface area contributed by atoms with Crippen LogP contribution in [0.3, 0.4) is 0 Å². The lowest BCUT2D eigenvalue weighted by Crippen LogP contribution is -2.12. The van der Waals surface area contributed by atoms with Crippen LogP contribution in [0.1, 0.15) is 15.9 Å². The number of esters is 1. The van der Waals surface area contributed by atoms with E-state index in [0.29, 0.717) is 27.7 Å². The fourth-order valence-electron chi connectivity index (χ4n) is 3.13. The van der Waals surface area contributed by atoms with Crippen LogP contribution in [-0.4, -0.2) is 32.4 Å². The molecule has 166 valence electrons. The number of ether oxygens (including phenoxy) is 1. The SMILES string of the molecule is NC(=O)c1cccc(COC(=O)CSc2nnc(-c3ccccc3F)n2-c2ccccc2)c1. The summed E-state index contributed by atoms with van der Waals surface area (Å²) < 4.78 is 21.5. The number of nitrogens with two attached hydrogens (primary N) is 1. The third-order valence-corrected chi connectivity index (χ3v) is 5.60. The number of primary amides is 1. The van der Waals surface area contributed by atoms with Crippen LogP contribution in [0.5, 0.6) is 0 Å². The Hall–Kier alpha value is -3.98. The Bertz CT molecular complexity index is 1290. The molecule has 33 heavy (non-hydrogen) atoms. The molecule has 7 nitrogen and oxygen atoms in total. The zero-order valence-corrected chi connectivity index (χ0v) is 18.2. The zero-order chi connectivity index (χ0) is 23.2. The molecule has 0 saturated heterocycles. The van der Waals surface area contributed by atoms with Crippen LogP contribution >= 0.6 is 11.8 Å². The average molecular weight is 463 g/mol. The summed E-state index contributed by atoms with van der Waals surface area (Å²) in [6, 6.07) is 22.2. The predicted octanol–water partition coefficient (Wildman–Crippen LogP) is 4.01. The van der Waals surface area contributed by atoms with Gasteiger partial charge in [0.1, 0.15) is 12.4 Å². The molecule has 3 aromatic carbocycles. The van der Waals surface area contributed by atoms with Crippen LogP contribution in [0.25, 0.3) is 17.1 Å². The van der Waals surface area contributed by atoms with Gasteiger partial charge in [-0.2, -0.15) is 0 Å². The molecular weight excluding hydrogens is 443 g/mol. The molecule has 4 aromatic rings. The maximum Gasteiger partial charge on any atom is 0.316 e. The summed E-state index contributed by atoms with van der Waals surface area (Å²) in [6.07, 6.45) is 0. The number of halogens is 1. The van der Waals surface area contributed by atoms with E-state index < -0.39 is 17.7 Å². The first kappa shape index (κ1) is 22.2. The largest absolute Gasteiger partial charge is 0.460 e. The van der Waals surface area contributed by atoms with Gasteiger partial charge in [0, 0.05) is 11.3 Å². The number of benzene rings is 3. The van der Waals surface area contributed by atoms with E-state index in [-0.39, 0.29) is 12.4 Å². The number of amides is 1. The number of rotatable bonds is 8. The van der Waals surface area contributed by atoms with Gasteiger partial charge in [0.15, 0.2) is 11.0 Å². The quantitative estimate of drug-likeness (QED) is 0.314. The Morgan fingerprint density at radius 2 is 1.73 bits per heavy atom. The molecule has 2 N–H and O–H groups in total. The van der Waals surface area contributed by atoms with E-state index in [1.807, 2.05) is 30.3 Å². The minimum absolute atomic E-state index is 0.00632. The first-order chi connectivity index (χ1) is 16.0. The number of nitrogens with zero attached hydrogens (tertiary/aromatic N) is 3. The highest BCUT2D eigenvalue weighted by molar-refractivity contribution is 7.99. The highest BCUT2D eigenvalue weighted by Crippen LogP contribution is 2.29. The van der Waals surface area contributed by atoms with E-state index in [2.05, 4.69) is 10.2 Å². The minimum atomic E-state index is -0.551. The maximum atomic E-state index is 14.4. The van der Waals surface area contributed by atoms with E-state index >= 15 is 0 Å². The Morgan fingerprint density at radius 3 is 2.48 bits per heavy atom. The number of hydrogen-bond donors (Lipinski definition) is 1. The van der Waals surface area contributed by atoms with Crippen molar-refractivity contribution in [1.29, 1.82) is 0 Å². The molecule has 0 radical (unpaired) electrons. The van der Waals surface area contributed by atoms with Crippen molar-refractivity contribution in [3.63, 3.8) is 0 Å². The summed E-state index contributed by atoms with van der Waals surface area (Å²) in [5.41, 5.74) is 7.31. The molecule has 0 unspecified atom stereocenters. The molecule has 0 bridgehead atoms. The minimum Gasteiger partial charge on any atom is -0.460 e. The smallest absolute Gasteiger partial charge is 0.316 e. The van der Waals surface area contributed by atoms with Crippen LogP contribution in [0.15, 0.2) is 84.0 Å². The van der Waals surface area contributed by atoms with E-state index in [0.717, 1.165) is 17.4 Å². The summed E-state index contributed by atoms with van der Waals surface area (Å²) in [7, 11) is 0. The van der Waals surface area contributed by atoms with Gasteiger partial charge in [-0.05, 0) is 42.0 Å². The molecule has 1 heterocycles. The van der Waals surface area contributed by atoms with Crippen molar-refractivity contribution >= 4 is 23.6 Å². The van der Waals surface area contributed by atoms with E-state index in [1.165, 1.54) is 6.07 Å². The van der Waals surface area contributed by atoms with Gasteiger partial charge in [0.05, 0.1) is 11.3 Å². The lowest BCUT2D eigenvalue weighted by molar-refractivity contribution is -0.141. The Morgan fingerprint density at radius 1 is 0.970 bits per heavy atom. The Kier molecular flexibility index (Phi) is 6.80. The maximum absolute atomic E-state index is 14.4. The van der Waals surface area contributed by atoms with Crippen molar-refractivity contribution in [3.05, 3.63) is 95.8 Å². The molecule has 0 spiro atoms. The molecule has 0 atom stereocenters. The number of aromatic nitrogens is 3. The molecule has 9 heteroatoms.